The molecule has 1 N–H and O–H groups in total. The minimum atomic E-state index is -0.569. The number of hydrogen-bond acceptors (Lipinski definition) is 4. The molecule has 0 amide bonds. The summed E-state index contributed by atoms with van der Waals surface area (Å²) in [4.78, 5) is 8.24. The van der Waals surface area contributed by atoms with Crippen molar-refractivity contribution in [1.82, 2.24) is 9.97 Å². The Labute approximate surface area is 98.8 Å². The van der Waals surface area contributed by atoms with Gasteiger partial charge in [0.25, 0.3) is 0 Å². The molecule has 0 fully saturated rings. The Morgan fingerprint density at radius 2 is 2.12 bits per heavy atom. The van der Waals surface area contributed by atoms with E-state index in [1.54, 1.807) is 23.7 Å². The molecule has 0 aliphatic heterocycles. The van der Waals surface area contributed by atoms with Gasteiger partial charge in [-0.25, -0.2) is 9.97 Å². The lowest BCUT2D eigenvalue weighted by molar-refractivity contribution is 0.158. The molecule has 84 valence electrons. The number of thiophene rings is 1. The van der Waals surface area contributed by atoms with E-state index in [1.807, 2.05) is 12.3 Å². The molecule has 1 atom stereocenters. The highest BCUT2D eigenvalue weighted by Gasteiger charge is 2.10. The Morgan fingerprint density at radius 3 is 2.75 bits per heavy atom. The van der Waals surface area contributed by atoms with Gasteiger partial charge in [-0.2, -0.15) is 11.3 Å². The van der Waals surface area contributed by atoms with Crippen LogP contribution in [-0.2, 0) is 6.42 Å². The maximum atomic E-state index is 9.89. The van der Waals surface area contributed by atoms with Gasteiger partial charge in [-0.05, 0) is 47.7 Å². The average molecular weight is 234 g/mol. The number of nitrogens with zero attached hydrogens (tertiary/aromatic N) is 2. The monoisotopic (exact) mass is 234 g/mol. The fourth-order valence-electron chi connectivity index (χ4n) is 1.44. The van der Waals surface area contributed by atoms with Crippen molar-refractivity contribution >= 4 is 11.3 Å². The predicted octanol–water partition coefficient (Wildman–Crippen LogP) is 2.51. The summed E-state index contributed by atoms with van der Waals surface area (Å²) >= 11 is 1.68. The minimum Gasteiger partial charge on any atom is -0.385 e. The van der Waals surface area contributed by atoms with Crippen LogP contribution in [0.4, 0.5) is 0 Å². The Kier molecular flexibility index (Phi) is 3.64. The van der Waals surface area contributed by atoms with Gasteiger partial charge in [0.15, 0.2) is 5.82 Å². The highest BCUT2D eigenvalue weighted by Crippen LogP contribution is 2.16. The van der Waals surface area contributed by atoms with Gasteiger partial charge in [0.1, 0.15) is 6.10 Å². The average Bonchev–Trinajstić information content (AvgIpc) is 2.80. The molecule has 0 aliphatic carbocycles. The van der Waals surface area contributed by atoms with Gasteiger partial charge in [-0.3, -0.25) is 0 Å². The van der Waals surface area contributed by atoms with Gasteiger partial charge in [-0.1, -0.05) is 0 Å². The first-order valence-corrected chi connectivity index (χ1v) is 6.17. The molecule has 0 saturated carbocycles. The summed E-state index contributed by atoms with van der Waals surface area (Å²) in [5, 5.41) is 14.0. The molecule has 2 rings (SSSR count). The highest BCUT2D eigenvalue weighted by atomic mass is 32.1. The lowest BCUT2D eigenvalue weighted by Gasteiger charge is -2.08. The number of aliphatic hydroxyl groups excluding tert-OH is 1. The van der Waals surface area contributed by atoms with Crippen LogP contribution in [0.3, 0.4) is 0 Å². The first kappa shape index (κ1) is 11.2. The molecule has 0 radical (unpaired) electrons. The smallest absolute Gasteiger partial charge is 0.156 e. The van der Waals surface area contributed by atoms with Gasteiger partial charge in [0.2, 0.25) is 0 Å². The van der Waals surface area contributed by atoms with Crippen LogP contribution in [-0.4, -0.2) is 15.1 Å². The molecule has 1 unspecified atom stereocenters. The Morgan fingerprint density at radius 1 is 1.38 bits per heavy atom. The second kappa shape index (κ2) is 5.18. The maximum Gasteiger partial charge on any atom is 0.156 e. The van der Waals surface area contributed by atoms with E-state index >= 15 is 0 Å². The van der Waals surface area contributed by atoms with Crippen molar-refractivity contribution in [1.29, 1.82) is 0 Å². The molecule has 2 aromatic rings. The van der Waals surface area contributed by atoms with Crippen molar-refractivity contribution < 1.29 is 5.11 Å². The van der Waals surface area contributed by atoms with Gasteiger partial charge >= 0.3 is 0 Å². The van der Waals surface area contributed by atoms with Crippen LogP contribution in [0, 0.1) is 6.92 Å². The zero-order chi connectivity index (χ0) is 11.4. The molecule has 0 bridgehead atoms. The van der Waals surface area contributed by atoms with Gasteiger partial charge in [0, 0.05) is 12.4 Å². The molecule has 2 aromatic heterocycles. The second-order valence-corrected chi connectivity index (χ2v) is 4.58. The topological polar surface area (TPSA) is 46.0 Å². The Bertz CT molecular complexity index is 425. The summed E-state index contributed by atoms with van der Waals surface area (Å²) < 4.78 is 0. The quantitative estimate of drug-likeness (QED) is 0.884. The fourth-order valence-corrected chi connectivity index (χ4v) is 2.15. The zero-order valence-corrected chi connectivity index (χ0v) is 9.94. The molecule has 0 aromatic carbocycles. The number of aliphatic hydroxyl groups is 1. The van der Waals surface area contributed by atoms with Crippen LogP contribution in [0.1, 0.15) is 29.5 Å². The molecule has 16 heavy (non-hydrogen) atoms. The highest BCUT2D eigenvalue weighted by molar-refractivity contribution is 7.07. The van der Waals surface area contributed by atoms with E-state index in [0.717, 1.165) is 12.0 Å². The molecule has 0 spiro atoms. The summed E-state index contributed by atoms with van der Waals surface area (Å²) in [6.07, 6.45) is 4.43. The SMILES string of the molecule is Cc1cnc(C(O)CCc2ccsc2)nc1. The van der Waals surface area contributed by atoms with Crippen molar-refractivity contribution in [3.8, 4) is 0 Å². The molecule has 4 heteroatoms. The van der Waals surface area contributed by atoms with E-state index in [0.29, 0.717) is 12.2 Å². The van der Waals surface area contributed by atoms with Crippen LogP contribution in [0.2, 0.25) is 0 Å². The van der Waals surface area contributed by atoms with E-state index in [2.05, 4.69) is 21.4 Å². The Hall–Kier alpha value is -1.26. The van der Waals surface area contributed by atoms with Crippen molar-refractivity contribution in [2.45, 2.75) is 25.9 Å². The van der Waals surface area contributed by atoms with E-state index in [9.17, 15) is 5.11 Å². The molecule has 2 heterocycles. The first-order chi connectivity index (χ1) is 7.75. The molecular weight excluding hydrogens is 220 g/mol. The third kappa shape index (κ3) is 2.87. The molecule has 3 nitrogen and oxygen atoms in total. The van der Waals surface area contributed by atoms with Crippen molar-refractivity contribution in [2.24, 2.45) is 0 Å². The first-order valence-electron chi connectivity index (χ1n) is 5.23. The third-order valence-electron chi connectivity index (χ3n) is 2.39. The summed E-state index contributed by atoms with van der Waals surface area (Å²) in [6.45, 7) is 1.93. The summed E-state index contributed by atoms with van der Waals surface area (Å²) in [6, 6.07) is 2.08. The Balaban J connectivity index is 1.93. The second-order valence-electron chi connectivity index (χ2n) is 3.80. The normalized spacial score (nSPS) is 12.6. The van der Waals surface area contributed by atoms with Crippen LogP contribution in [0.25, 0.3) is 0 Å². The lowest BCUT2D eigenvalue weighted by atomic mass is 10.1. The predicted molar refractivity (Wildman–Crippen MR) is 64.4 cm³/mol. The molecule has 0 aliphatic rings. The standard InChI is InChI=1S/C12H14N2OS/c1-9-6-13-12(14-7-9)11(15)3-2-10-4-5-16-8-10/h4-8,11,15H,2-3H2,1H3. The lowest BCUT2D eigenvalue weighted by Crippen LogP contribution is -2.04. The van der Waals surface area contributed by atoms with Gasteiger partial charge in [0.05, 0.1) is 0 Å². The van der Waals surface area contributed by atoms with Crippen molar-refractivity contribution in [3.63, 3.8) is 0 Å². The maximum absolute atomic E-state index is 9.89. The van der Waals surface area contributed by atoms with Crippen LogP contribution in [0.15, 0.2) is 29.2 Å². The minimum absolute atomic E-state index is 0.515. The number of aryl methyl sites for hydroxylation is 2. The largest absolute Gasteiger partial charge is 0.385 e. The number of hydrogen-bond donors (Lipinski definition) is 1. The van der Waals surface area contributed by atoms with Gasteiger partial charge < -0.3 is 5.11 Å². The van der Waals surface area contributed by atoms with Crippen LogP contribution in [0.5, 0.6) is 0 Å². The van der Waals surface area contributed by atoms with E-state index in [-0.39, 0.29) is 0 Å². The third-order valence-corrected chi connectivity index (χ3v) is 3.12. The summed E-state index contributed by atoms with van der Waals surface area (Å²) in [5.74, 6) is 0.515. The fraction of sp³-hybridized carbons (Fsp3) is 0.333. The number of aromatic nitrogens is 2. The van der Waals surface area contributed by atoms with E-state index in [1.165, 1.54) is 5.56 Å². The van der Waals surface area contributed by atoms with Gasteiger partial charge in [-0.15, -0.1) is 0 Å². The molecular formula is C12H14N2OS. The zero-order valence-electron chi connectivity index (χ0n) is 9.13. The van der Waals surface area contributed by atoms with Crippen molar-refractivity contribution in [2.75, 3.05) is 0 Å². The van der Waals surface area contributed by atoms with Crippen molar-refractivity contribution in [3.05, 3.63) is 46.2 Å². The number of rotatable bonds is 4. The van der Waals surface area contributed by atoms with E-state index < -0.39 is 6.10 Å². The van der Waals surface area contributed by atoms with Crippen LogP contribution < -0.4 is 0 Å². The summed E-state index contributed by atoms with van der Waals surface area (Å²) in [5.41, 5.74) is 2.27. The molecule has 0 saturated heterocycles. The van der Waals surface area contributed by atoms with Crippen LogP contribution >= 0.6 is 11.3 Å². The summed E-state index contributed by atoms with van der Waals surface area (Å²) in [7, 11) is 0. The van der Waals surface area contributed by atoms with E-state index in [4.69, 9.17) is 0 Å².